The van der Waals surface area contributed by atoms with Gasteiger partial charge in [0.05, 0.1) is 0 Å². The third-order valence-electron chi connectivity index (χ3n) is 4.82. The zero-order valence-corrected chi connectivity index (χ0v) is 12.9. The van der Waals surface area contributed by atoms with Crippen molar-refractivity contribution < 1.29 is 4.39 Å². The van der Waals surface area contributed by atoms with Crippen molar-refractivity contribution in [3.8, 4) is 0 Å². The van der Waals surface area contributed by atoms with Crippen LogP contribution in [-0.2, 0) is 0 Å². The van der Waals surface area contributed by atoms with Gasteiger partial charge in [0.1, 0.15) is 5.82 Å². The summed E-state index contributed by atoms with van der Waals surface area (Å²) in [6.45, 7) is 3.00. The molecule has 1 aromatic rings. The summed E-state index contributed by atoms with van der Waals surface area (Å²) in [6, 6.07) is 5.50. The van der Waals surface area contributed by atoms with Gasteiger partial charge in [0, 0.05) is 16.1 Å². The van der Waals surface area contributed by atoms with Crippen LogP contribution in [0.25, 0.3) is 0 Å². The quantitative estimate of drug-likeness (QED) is 0.847. The molecule has 0 saturated heterocycles. The summed E-state index contributed by atoms with van der Waals surface area (Å²) in [5, 5.41) is 3.52. The van der Waals surface area contributed by atoms with Crippen molar-refractivity contribution in [2.45, 2.75) is 38.6 Å². The average molecular weight is 326 g/mol. The maximum Gasteiger partial charge on any atom is 0.128 e. The van der Waals surface area contributed by atoms with Gasteiger partial charge >= 0.3 is 0 Å². The van der Waals surface area contributed by atoms with E-state index < -0.39 is 0 Å². The van der Waals surface area contributed by atoms with E-state index in [1.54, 1.807) is 12.1 Å². The molecule has 3 rings (SSSR count). The third kappa shape index (κ3) is 2.59. The molecule has 1 N–H and O–H groups in total. The third-order valence-corrected chi connectivity index (χ3v) is 5.32. The molecular weight excluding hydrogens is 305 g/mol. The second-order valence-electron chi connectivity index (χ2n) is 5.89. The average Bonchev–Trinajstić information content (AvgIpc) is 3.13. The second-order valence-corrected chi connectivity index (χ2v) is 6.81. The molecule has 0 amide bonds. The Kier molecular flexibility index (Phi) is 3.95. The van der Waals surface area contributed by atoms with Crippen molar-refractivity contribution in [2.24, 2.45) is 17.8 Å². The number of hydrogen-bond donors (Lipinski definition) is 1. The molecule has 104 valence electrons. The number of fused-ring (bicyclic) bond motifs is 1. The molecule has 1 nitrogen and oxygen atoms in total. The summed E-state index contributed by atoms with van der Waals surface area (Å²) >= 11 is 3.47. The van der Waals surface area contributed by atoms with Crippen molar-refractivity contribution in [3.63, 3.8) is 0 Å². The molecule has 1 aromatic carbocycles. The van der Waals surface area contributed by atoms with Gasteiger partial charge in [0.15, 0.2) is 0 Å². The molecule has 0 heterocycles. The van der Waals surface area contributed by atoms with Crippen molar-refractivity contribution in [1.82, 2.24) is 5.32 Å². The lowest BCUT2D eigenvalue weighted by Crippen LogP contribution is -2.25. The Bertz CT molecular complexity index is 450. The minimum Gasteiger partial charge on any atom is -0.310 e. The monoisotopic (exact) mass is 325 g/mol. The molecule has 3 atom stereocenters. The Labute approximate surface area is 123 Å². The van der Waals surface area contributed by atoms with Crippen LogP contribution in [0.2, 0.25) is 0 Å². The van der Waals surface area contributed by atoms with E-state index in [4.69, 9.17) is 0 Å². The maximum absolute atomic E-state index is 14.1. The fraction of sp³-hybridized carbons (Fsp3) is 0.625. The van der Waals surface area contributed by atoms with Crippen LogP contribution in [0.15, 0.2) is 22.7 Å². The summed E-state index contributed by atoms with van der Waals surface area (Å²) < 4.78 is 15.1. The Hall–Kier alpha value is -0.410. The van der Waals surface area contributed by atoms with E-state index in [0.29, 0.717) is 5.92 Å². The van der Waals surface area contributed by atoms with E-state index >= 15 is 0 Å². The molecule has 19 heavy (non-hydrogen) atoms. The van der Waals surface area contributed by atoms with Crippen LogP contribution in [0.5, 0.6) is 0 Å². The zero-order chi connectivity index (χ0) is 13.4. The number of benzene rings is 1. The molecule has 0 aliphatic heterocycles. The van der Waals surface area contributed by atoms with E-state index in [0.717, 1.165) is 28.4 Å². The molecule has 0 bridgehead atoms. The van der Waals surface area contributed by atoms with Crippen LogP contribution >= 0.6 is 15.9 Å². The van der Waals surface area contributed by atoms with Crippen molar-refractivity contribution in [3.05, 3.63) is 34.1 Å². The number of halogens is 2. The van der Waals surface area contributed by atoms with Gasteiger partial charge in [-0.05, 0) is 55.3 Å². The molecular formula is C16H21BrFN. The second kappa shape index (κ2) is 5.53. The first-order valence-electron chi connectivity index (χ1n) is 7.40. The van der Waals surface area contributed by atoms with E-state index in [1.807, 2.05) is 6.07 Å². The van der Waals surface area contributed by atoms with Gasteiger partial charge in [0.25, 0.3) is 0 Å². The van der Waals surface area contributed by atoms with Crippen LogP contribution in [0.1, 0.15) is 44.2 Å². The normalized spacial score (nSPS) is 30.8. The highest BCUT2D eigenvalue weighted by Crippen LogP contribution is 2.60. The van der Waals surface area contributed by atoms with Gasteiger partial charge in [-0.2, -0.15) is 0 Å². The molecule has 2 aliphatic rings. The predicted octanol–water partition coefficient (Wildman–Crippen LogP) is 4.68. The van der Waals surface area contributed by atoms with Crippen LogP contribution in [0.3, 0.4) is 0 Å². The van der Waals surface area contributed by atoms with E-state index in [-0.39, 0.29) is 11.9 Å². The summed E-state index contributed by atoms with van der Waals surface area (Å²) in [6.07, 6.45) is 5.40. The largest absolute Gasteiger partial charge is 0.310 e. The van der Waals surface area contributed by atoms with Crippen LogP contribution < -0.4 is 5.32 Å². The molecule has 3 unspecified atom stereocenters. The predicted molar refractivity (Wildman–Crippen MR) is 79.5 cm³/mol. The highest BCUT2D eigenvalue weighted by atomic mass is 79.9. The first-order chi connectivity index (χ1) is 9.22. The smallest absolute Gasteiger partial charge is 0.128 e. The highest BCUT2D eigenvalue weighted by molar-refractivity contribution is 9.10. The van der Waals surface area contributed by atoms with Crippen LogP contribution in [0.4, 0.5) is 4.39 Å². The zero-order valence-electron chi connectivity index (χ0n) is 11.3. The number of nitrogens with one attached hydrogen (secondary N) is 1. The van der Waals surface area contributed by atoms with Crippen molar-refractivity contribution in [2.75, 3.05) is 6.54 Å². The molecule has 0 radical (unpaired) electrons. The lowest BCUT2D eigenvalue weighted by Gasteiger charge is -2.20. The number of hydrogen-bond acceptors (Lipinski definition) is 1. The molecule has 2 saturated carbocycles. The Morgan fingerprint density at radius 3 is 2.63 bits per heavy atom. The topological polar surface area (TPSA) is 12.0 Å². The number of rotatable bonds is 4. The van der Waals surface area contributed by atoms with Gasteiger partial charge in [-0.25, -0.2) is 4.39 Å². The molecule has 2 fully saturated rings. The van der Waals surface area contributed by atoms with E-state index in [9.17, 15) is 4.39 Å². The Morgan fingerprint density at radius 2 is 2.00 bits per heavy atom. The Balaban J connectivity index is 1.86. The molecule has 0 aromatic heterocycles. The minimum atomic E-state index is -0.0715. The Morgan fingerprint density at radius 1 is 1.32 bits per heavy atom. The van der Waals surface area contributed by atoms with E-state index in [1.165, 1.54) is 25.7 Å². The van der Waals surface area contributed by atoms with Crippen LogP contribution in [-0.4, -0.2) is 6.54 Å². The minimum absolute atomic E-state index is 0.0715. The fourth-order valence-electron chi connectivity index (χ4n) is 3.97. The van der Waals surface area contributed by atoms with Gasteiger partial charge < -0.3 is 5.32 Å². The first kappa shape index (κ1) is 13.6. The lowest BCUT2D eigenvalue weighted by molar-refractivity contribution is 0.436. The van der Waals surface area contributed by atoms with Gasteiger partial charge in [-0.3, -0.25) is 0 Å². The summed E-state index contributed by atoms with van der Waals surface area (Å²) in [5.41, 5.74) is 0.843. The van der Waals surface area contributed by atoms with Crippen molar-refractivity contribution in [1.29, 1.82) is 0 Å². The van der Waals surface area contributed by atoms with Gasteiger partial charge in [-0.1, -0.05) is 35.7 Å². The fourth-order valence-corrected chi connectivity index (χ4v) is 4.35. The van der Waals surface area contributed by atoms with Gasteiger partial charge in [-0.15, -0.1) is 0 Å². The lowest BCUT2D eigenvalue weighted by atomic mass is 9.99. The first-order valence-corrected chi connectivity index (χ1v) is 8.20. The van der Waals surface area contributed by atoms with Crippen molar-refractivity contribution >= 4 is 15.9 Å². The summed E-state index contributed by atoms with van der Waals surface area (Å²) in [7, 11) is 0. The van der Waals surface area contributed by atoms with Crippen LogP contribution in [0, 0.1) is 23.6 Å². The summed E-state index contributed by atoms with van der Waals surface area (Å²) in [4.78, 5) is 0. The molecule has 2 aliphatic carbocycles. The molecule has 3 heteroatoms. The standard InChI is InChI=1S/C16H21BrFN/c1-2-19-16(13-9-10(17)7-8-14(13)18)15-11-5-3-4-6-12(11)15/h7-9,11-12,15-16,19H,2-6H2,1H3. The highest BCUT2D eigenvalue weighted by Gasteiger charge is 2.54. The maximum atomic E-state index is 14.1. The SMILES string of the molecule is CCNC(c1cc(Br)ccc1F)C1C2CCCCC21. The van der Waals surface area contributed by atoms with E-state index in [2.05, 4.69) is 28.2 Å². The summed E-state index contributed by atoms with van der Waals surface area (Å²) in [5.74, 6) is 2.23. The molecule has 0 spiro atoms. The van der Waals surface area contributed by atoms with Gasteiger partial charge in [0.2, 0.25) is 0 Å².